The zero-order valence-electron chi connectivity index (χ0n) is 16.9. The lowest BCUT2D eigenvalue weighted by atomic mass is 9.95. The van der Waals surface area contributed by atoms with E-state index >= 15 is 0 Å². The zero-order chi connectivity index (χ0) is 22.0. The summed E-state index contributed by atoms with van der Waals surface area (Å²) in [6.07, 6.45) is 3.66. The minimum atomic E-state index is -0.754. The number of hydrogen-bond donors (Lipinski definition) is 2. The van der Waals surface area contributed by atoms with E-state index in [4.69, 9.17) is 10.5 Å². The average molecular weight is 439 g/mol. The molecule has 0 aliphatic heterocycles. The number of aryl methyl sites for hydroxylation is 2. The van der Waals surface area contributed by atoms with Gasteiger partial charge in [0.25, 0.3) is 11.8 Å². The summed E-state index contributed by atoms with van der Waals surface area (Å²) in [7, 11) is 0. The Morgan fingerprint density at radius 2 is 1.90 bits per heavy atom. The van der Waals surface area contributed by atoms with Crippen LogP contribution >= 0.6 is 11.3 Å². The van der Waals surface area contributed by atoms with Crippen LogP contribution in [0.1, 0.15) is 49.8 Å². The van der Waals surface area contributed by atoms with Crippen molar-refractivity contribution in [3.8, 4) is 5.69 Å². The molecule has 0 bridgehead atoms. The number of nitrogens with zero attached hydrogens (tertiary/aromatic N) is 3. The third-order valence-corrected chi connectivity index (χ3v) is 6.17. The van der Waals surface area contributed by atoms with Gasteiger partial charge in [-0.3, -0.25) is 9.59 Å². The number of benzene rings is 1. The fourth-order valence-electron chi connectivity index (χ4n) is 3.52. The summed E-state index contributed by atoms with van der Waals surface area (Å²) in [6.45, 7) is 1.12. The Morgan fingerprint density at radius 3 is 2.65 bits per heavy atom. The molecule has 0 unspecified atom stereocenters. The van der Waals surface area contributed by atoms with Crippen LogP contribution < -0.4 is 11.1 Å². The molecular formula is C21H21N5O4S. The van der Waals surface area contributed by atoms with E-state index in [-0.39, 0.29) is 5.69 Å². The number of esters is 1. The van der Waals surface area contributed by atoms with E-state index < -0.39 is 24.4 Å². The number of primary amides is 1. The van der Waals surface area contributed by atoms with Crippen LogP contribution in [0.25, 0.3) is 5.69 Å². The summed E-state index contributed by atoms with van der Waals surface area (Å²) >= 11 is 1.35. The van der Waals surface area contributed by atoms with Gasteiger partial charge >= 0.3 is 5.97 Å². The number of nitrogens with two attached hydrogens (primary N) is 1. The molecule has 3 aromatic rings. The lowest BCUT2D eigenvalue weighted by molar-refractivity contribution is -0.119. The molecule has 2 aromatic heterocycles. The SMILES string of the molecule is Cc1nn(-c2ccccc2)nc1C(=O)OCC(=O)Nc1sc2c(c1C(N)=O)CCCC2. The Hall–Kier alpha value is -3.53. The Balaban J connectivity index is 1.42. The first kappa shape index (κ1) is 20.7. The molecule has 9 nitrogen and oxygen atoms in total. The zero-order valence-corrected chi connectivity index (χ0v) is 17.7. The fraction of sp³-hybridized carbons (Fsp3) is 0.286. The predicted molar refractivity (Wildman–Crippen MR) is 114 cm³/mol. The van der Waals surface area contributed by atoms with Gasteiger partial charge in [0.2, 0.25) is 0 Å². The normalized spacial score (nSPS) is 12.8. The second-order valence-electron chi connectivity index (χ2n) is 7.16. The number of aromatic nitrogens is 3. The molecule has 1 aromatic carbocycles. The molecule has 2 amide bonds. The summed E-state index contributed by atoms with van der Waals surface area (Å²) in [5.74, 6) is -1.88. The maximum absolute atomic E-state index is 12.4. The van der Waals surface area contributed by atoms with Gasteiger partial charge in [-0.25, -0.2) is 4.79 Å². The van der Waals surface area contributed by atoms with Crippen molar-refractivity contribution in [3.63, 3.8) is 0 Å². The molecule has 0 radical (unpaired) electrons. The molecule has 160 valence electrons. The molecule has 0 spiro atoms. The summed E-state index contributed by atoms with van der Waals surface area (Å²) < 4.78 is 5.12. The number of carbonyl (C=O) groups is 3. The van der Waals surface area contributed by atoms with E-state index in [2.05, 4.69) is 15.5 Å². The molecule has 0 fully saturated rings. The quantitative estimate of drug-likeness (QED) is 0.568. The number of para-hydroxylation sites is 1. The van der Waals surface area contributed by atoms with Gasteiger partial charge in [0.1, 0.15) is 5.00 Å². The largest absolute Gasteiger partial charge is 0.451 e. The third-order valence-electron chi connectivity index (χ3n) is 4.97. The minimum absolute atomic E-state index is 0.0288. The Bertz CT molecular complexity index is 1150. The molecular weight excluding hydrogens is 418 g/mol. The van der Waals surface area contributed by atoms with Crippen molar-refractivity contribution >= 4 is 34.1 Å². The second-order valence-corrected chi connectivity index (χ2v) is 8.27. The van der Waals surface area contributed by atoms with Gasteiger partial charge in [-0.15, -0.1) is 16.4 Å². The fourth-order valence-corrected chi connectivity index (χ4v) is 4.83. The Kier molecular flexibility index (Phi) is 5.81. The van der Waals surface area contributed by atoms with E-state index in [1.807, 2.05) is 18.2 Å². The van der Waals surface area contributed by atoms with Gasteiger partial charge in [0.05, 0.1) is 16.9 Å². The van der Waals surface area contributed by atoms with Crippen LogP contribution in [0.3, 0.4) is 0 Å². The van der Waals surface area contributed by atoms with Gasteiger partial charge in [-0.1, -0.05) is 18.2 Å². The standard InChI is InChI=1S/C21H21N5O4S/c1-12-18(25-26(24-12)13-7-3-2-4-8-13)21(29)30-11-16(27)23-20-17(19(22)28)14-9-5-6-10-15(14)31-20/h2-4,7-8H,5-6,9-11H2,1H3,(H2,22,28)(H,23,27). The van der Waals surface area contributed by atoms with E-state index in [0.29, 0.717) is 21.9 Å². The summed E-state index contributed by atoms with van der Waals surface area (Å²) in [4.78, 5) is 39.1. The predicted octanol–water partition coefficient (Wildman–Crippen LogP) is 2.41. The average Bonchev–Trinajstić information content (AvgIpc) is 3.33. The summed E-state index contributed by atoms with van der Waals surface area (Å²) in [5.41, 5.74) is 7.93. The molecule has 31 heavy (non-hydrogen) atoms. The first-order valence-corrected chi connectivity index (χ1v) is 10.7. The van der Waals surface area contributed by atoms with Crippen molar-refractivity contribution in [1.29, 1.82) is 0 Å². The highest BCUT2D eigenvalue weighted by Gasteiger charge is 2.25. The van der Waals surface area contributed by atoms with Crippen molar-refractivity contribution in [2.45, 2.75) is 32.6 Å². The van der Waals surface area contributed by atoms with Crippen LogP contribution in [-0.4, -0.2) is 39.4 Å². The molecule has 3 N–H and O–H groups in total. The van der Waals surface area contributed by atoms with Crippen molar-refractivity contribution in [3.05, 3.63) is 57.7 Å². The molecule has 2 heterocycles. The number of hydrogen-bond acceptors (Lipinski definition) is 7. The molecule has 10 heteroatoms. The Labute approximate surface area is 182 Å². The molecule has 0 saturated carbocycles. The van der Waals surface area contributed by atoms with Crippen LogP contribution in [-0.2, 0) is 22.4 Å². The second kappa shape index (κ2) is 8.68. The number of amides is 2. The van der Waals surface area contributed by atoms with Crippen molar-refractivity contribution in [1.82, 2.24) is 15.0 Å². The van der Waals surface area contributed by atoms with Crippen molar-refractivity contribution < 1.29 is 19.1 Å². The van der Waals surface area contributed by atoms with Crippen LogP contribution in [0.4, 0.5) is 5.00 Å². The molecule has 1 aliphatic rings. The number of anilines is 1. The number of ether oxygens (including phenoxy) is 1. The van der Waals surface area contributed by atoms with Crippen LogP contribution in [0.2, 0.25) is 0 Å². The van der Waals surface area contributed by atoms with Gasteiger partial charge in [-0.05, 0) is 50.3 Å². The number of nitrogens with one attached hydrogen (secondary N) is 1. The molecule has 1 aliphatic carbocycles. The highest BCUT2D eigenvalue weighted by atomic mass is 32.1. The number of rotatable bonds is 6. The van der Waals surface area contributed by atoms with Crippen LogP contribution in [0.5, 0.6) is 0 Å². The Morgan fingerprint density at radius 1 is 1.16 bits per heavy atom. The van der Waals surface area contributed by atoms with Gasteiger partial charge < -0.3 is 15.8 Å². The lowest BCUT2D eigenvalue weighted by Gasteiger charge is -2.11. The minimum Gasteiger partial charge on any atom is -0.451 e. The smallest absolute Gasteiger partial charge is 0.361 e. The monoisotopic (exact) mass is 439 g/mol. The topological polar surface area (TPSA) is 129 Å². The molecule has 4 rings (SSSR count). The van der Waals surface area contributed by atoms with Gasteiger partial charge in [0, 0.05) is 4.88 Å². The van der Waals surface area contributed by atoms with Crippen LogP contribution in [0.15, 0.2) is 30.3 Å². The maximum Gasteiger partial charge on any atom is 0.361 e. The first-order chi connectivity index (χ1) is 14.9. The van der Waals surface area contributed by atoms with E-state index in [1.165, 1.54) is 16.1 Å². The maximum atomic E-state index is 12.4. The van der Waals surface area contributed by atoms with Crippen molar-refractivity contribution in [2.75, 3.05) is 11.9 Å². The number of carbonyl (C=O) groups excluding carboxylic acids is 3. The van der Waals surface area contributed by atoms with E-state index in [1.54, 1.807) is 19.1 Å². The number of fused-ring (bicyclic) bond motifs is 1. The number of thiophene rings is 1. The molecule has 0 atom stereocenters. The molecule has 0 saturated heterocycles. The third kappa shape index (κ3) is 4.33. The van der Waals surface area contributed by atoms with Gasteiger partial charge in [0.15, 0.2) is 12.3 Å². The van der Waals surface area contributed by atoms with Crippen molar-refractivity contribution in [2.24, 2.45) is 5.73 Å². The first-order valence-electron chi connectivity index (χ1n) is 9.84. The lowest BCUT2D eigenvalue weighted by Crippen LogP contribution is -2.23. The highest BCUT2D eigenvalue weighted by Crippen LogP contribution is 2.37. The summed E-state index contributed by atoms with van der Waals surface area (Å²) in [6, 6.07) is 9.14. The van der Waals surface area contributed by atoms with E-state index in [0.717, 1.165) is 36.1 Å². The van der Waals surface area contributed by atoms with E-state index in [9.17, 15) is 14.4 Å². The van der Waals surface area contributed by atoms with Gasteiger partial charge in [-0.2, -0.15) is 9.90 Å². The van der Waals surface area contributed by atoms with Crippen LogP contribution in [0, 0.1) is 6.92 Å². The summed E-state index contributed by atoms with van der Waals surface area (Å²) in [5, 5.41) is 11.5. The highest BCUT2D eigenvalue weighted by molar-refractivity contribution is 7.17.